The number of amides is 3. The predicted molar refractivity (Wildman–Crippen MR) is 96.5 cm³/mol. The van der Waals surface area contributed by atoms with Crippen LogP contribution in [0.4, 0.5) is 28.2 Å². The molecule has 1 saturated heterocycles. The number of carbonyl (C=O) groups excluding carboxylic acids is 2. The number of hydrogen-bond donors (Lipinski definition) is 3. The fourth-order valence-electron chi connectivity index (χ4n) is 3.63. The van der Waals surface area contributed by atoms with E-state index in [9.17, 15) is 27.2 Å². The zero-order valence-electron chi connectivity index (χ0n) is 15.6. The smallest absolute Gasteiger partial charge is 0.324 e. The van der Waals surface area contributed by atoms with E-state index in [0.29, 0.717) is 31.2 Å². The van der Waals surface area contributed by atoms with Crippen molar-refractivity contribution < 1.29 is 27.2 Å². The summed E-state index contributed by atoms with van der Waals surface area (Å²) in [5.74, 6) is -0.375. The number of aromatic nitrogens is 1. The van der Waals surface area contributed by atoms with Crippen molar-refractivity contribution in [2.24, 2.45) is 11.7 Å². The fourth-order valence-corrected chi connectivity index (χ4v) is 3.63. The van der Waals surface area contributed by atoms with Crippen LogP contribution < -0.4 is 16.4 Å². The Bertz CT molecular complexity index is 752. The lowest BCUT2D eigenvalue weighted by atomic mass is 9.83. The number of nitrogens with zero attached hydrogens (tertiary/aromatic N) is 2. The van der Waals surface area contributed by atoms with E-state index >= 15 is 0 Å². The number of urea groups is 1. The Morgan fingerprint density at radius 3 is 2.66 bits per heavy atom. The van der Waals surface area contributed by atoms with E-state index in [1.807, 2.05) is 5.32 Å². The highest BCUT2D eigenvalue weighted by atomic mass is 19.4. The molecule has 1 aliphatic carbocycles. The monoisotopic (exact) mass is 417 g/mol. The molecule has 2 heterocycles. The van der Waals surface area contributed by atoms with Gasteiger partial charge in [0.2, 0.25) is 5.91 Å². The summed E-state index contributed by atoms with van der Waals surface area (Å²) in [5, 5.41) is 4.49. The molecule has 1 aromatic rings. The topological polar surface area (TPSA) is 100 Å². The molecule has 2 atom stereocenters. The highest BCUT2D eigenvalue weighted by Gasteiger charge is 2.46. The molecule has 3 amide bonds. The lowest BCUT2D eigenvalue weighted by Gasteiger charge is -2.28. The first-order valence-corrected chi connectivity index (χ1v) is 9.41. The average molecular weight is 417 g/mol. The Labute approximate surface area is 165 Å². The number of anilines is 1. The van der Waals surface area contributed by atoms with Gasteiger partial charge in [0.05, 0.1) is 12.6 Å². The van der Waals surface area contributed by atoms with E-state index in [1.54, 1.807) is 6.07 Å². The molecular formula is C18H23F4N5O2. The molecule has 1 aromatic heterocycles. The molecule has 1 saturated carbocycles. The second kappa shape index (κ2) is 8.52. The van der Waals surface area contributed by atoms with Crippen LogP contribution in [0.25, 0.3) is 0 Å². The minimum Gasteiger partial charge on any atom is -0.324 e. The third-order valence-corrected chi connectivity index (χ3v) is 5.34. The number of nitrogens with one attached hydrogen (secondary N) is 2. The van der Waals surface area contributed by atoms with E-state index < -0.39 is 42.9 Å². The van der Waals surface area contributed by atoms with E-state index in [2.05, 4.69) is 10.3 Å². The maximum Gasteiger partial charge on any atom is 0.410 e. The normalized spacial score (nSPS) is 26.2. The quantitative estimate of drug-likeness (QED) is 0.640. The van der Waals surface area contributed by atoms with Crippen molar-refractivity contribution in [1.29, 1.82) is 0 Å². The number of nitrogens with two attached hydrogens (primary N) is 1. The van der Waals surface area contributed by atoms with Crippen LogP contribution in [0.15, 0.2) is 18.3 Å². The number of alkyl halides is 4. The maximum atomic E-state index is 13.3. The lowest BCUT2D eigenvalue weighted by molar-refractivity contribution is -0.149. The molecule has 7 nitrogen and oxygen atoms in total. The zero-order valence-corrected chi connectivity index (χ0v) is 15.6. The average Bonchev–Trinajstić information content (AvgIpc) is 3.03. The zero-order chi connectivity index (χ0) is 21.2. The van der Waals surface area contributed by atoms with Crippen LogP contribution in [0.5, 0.6) is 0 Å². The number of hydrogen-bond acceptors (Lipinski definition) is 4. The molecule has 4 N–H and O–H groups in total. The Hall–Kier alpha value is -2.43. The summed E-state index contributed by atoms with van der Waals surface area (Å²) >= 11 is 0. The van der Waals surface area contributed by atoms with Crippen molar-refractivity contribution in [2.45, 2.75) is 56.7 Å². The first kappa shape index (κ1) is 21.3. The Kier molecular flexibility index (Phi) is 6.25. The van der Waals surface area contributed by atoms with Crippen LogP contribution >= 0.6 is 0 Å². The third kappa shape index (κ3) is 5.34. The first-order valence-electron chi connectivity index (χ1n) is 9.41. The molecule has 3 rings (SSSR count). The number of halogens is 4. The molecule has 29 heavy (non-hydrogen) atoms. The van der Waals surface area contributed by atoms with Crippen molar-refractivity contribution in [3.8, 4) is 0 Å². The van der Waals surface area contributed by atoms with Gasteiger partial charge in [0.1, 0.15) is 18.0 Å². The number of rotatable bonds is 5. The summed E-state index contributed by atoms with van der Waals surface area (Å²) in [4.78, 5) is 29.2. The van der Waals surface area contributed by atoms with Crippen LogP contribution in [-0.2, 0) is 11.3 Å². The predicted octanol–water partition coefficient (Wildman–Crippen LogP) is 2.33. The summed E-state index contributed by atoms with van der Waals surface area (Å²) in [7, 11) is 0. The van der Waals surface area contributed by atoms with Gasteiger partial charge in [-0.25, -0.2) is 14.2 Å². The molecule has 160 valence electrons. The van der Waals surface area contributed by atoms with Gasteiger partial charge in [0, 0.05) is 12.7 Å². The molecule has 1 aliphatic heterocycles. The molecule has 0 radical (unpaired) electrons. The second-order valence-electron chi connectivity index (χ2n) is 7.50. The van der Waals surface area contributed by atoms with Gasteiger partial charge in [-0.2, -0.15) is 13.2 Å². The molecule has 2 aliphatic rings. The minimum absolute atomic E-state index is 0.0592. The van der Waals surface area contributed by atoms with Gasteiger partial charge >= 0.3 is 12.2 Å². The van der Waals surface area contributed by atoms with Crippen LogP contribution in [-0.4, -0.2) is 52.8 Å². The molecule has 11 heteroatoms. The van der Waals surface area contributed by atoms with Crippen molar-refractivity contribution in [3.63, 3.8) is 0 Å². The van der Waals surface area contributed by atoms with E-state index in [0.717, 1.165) is 4.90 Å². The highest BCUT2D eigenvalue weighted by molar-refractivity contribution is 5.94. The largest absolute Gasteiger partial charge is 0.410 e. The summed E-state index contributed by atoms with van der Waals surface area (Å²) in [5.41, 5.74) is 6.51. The van der Waals surface area contributed by atoms with Crippen molar-refractivity contribution in [2.75, 3.05) is 11.9 Å². The number of pyridine rings is 1. The van der Waals surface area contributed by atoms with Crippen molar-refractivity contribution >= 4 is 17.8 Å². The summed E-state index contributed by atoms with van der Waals surface area (Å²) in [6, 6.07) is -0.484. The molecule has 0 unspecified atom stereocenters. The standard InChI is InChI=1S/C18H23F4N5O2/c19-12-3-1-11(2-4-12)15(23)16(28)26-14-7-10(5-6-24-14)8-27-9-13(18(20,21)22)25-17(27)29/h5-7,11-13,15H,1-4,8-9,23H2,(H,25,29)(H,24,26,28)/t11?,12?,13-,15-/m0/s1. The molecule has 2 fully saturated rings. The van der Waals surface area contributed by atoms with Gasteiger partial charge < -0.3 is 21.3 Å². The third-order valence-electron chi connectivity index (χ3n) is 5.34. The summed E-state index contributed by atoms with van der Waals surface area (Å²) < 4.78 is 51.6. The van der Waals surface area contributed by atoms with Gasteiger partial charge in [-0.3, -0.25) is 4.79 Å². The van der Waals surface area contributed by atoms with Crippen molar-refractivity contribution in [3.05, 3.63) is 23.9 Å². The molecule has 0 bridgehead atoms. The van der Waals surface area contributed by atoms with E-state index in [4.69, 9.17) is 5.73 Å². The van der Waals surface area contributed by atoms with Gasteiger partial charge in [-0.1, -0.05) is 0 Å². The second-order valence-corrected chi connectivity index (χ2v) is 7.50. The minimum atomic E-state index is -4.51. The van der Waals surface area contributed by atoms with E-state index in [1.165, 1.54) is 12.3 Å². The highest BCUT2D eigenvalue weighted by Crippen LogP contribution is 2.28. The van der Waals surface area contributed by atoms with Gasteiger partial charge in [0.15, 0.2) is 0 Å². The molecular weight excluding hydrogens is 394 g/mol. The van der Waals surface area contributed by atoms with E-state index in [-0.39, 0.29) is 18.3 Å². The maximum absolute atomic E-state index is 13.3. The summed E-state index contributed by atoms with van der Waals surface area (Å²) in [6.45, 7) is -0.551. The van der Waals surface area contributed by atoms with Gasteiger partial charge in [-0.05, 0) is 49.3 Å². The number of carbonyl (C=O) groups is 2. The van der Waals surface area contributed by atoms with Gasteiger partial charge in [-0.15, -0.1) is 0 Å². The fraction of sp³-hybridized carbons (Fsp3) is 0.611. The van der Waals surface area contributed by atoms with Crippen molar-refractivity contribution in [1.82, 2.24) is 15.2 Å². The van der Waals surface area contributed by atoms with Crippen LogP contribution in [0.2, 0.25) is 0 Å². The first-order chi connectivity index (χ1) is 13.6. The van der Waals surface area contributed by atoms with Gasteiger partial charge in [0.25, 0.3) is 0 Å². The Morgan fingerprint density at radius 1 is 1.34 bits per heavy atom. The Balaban J connectivity index is 1.58. The lowest BCUT2D eigenvalue weighted by Crippen LogP contribution is -2.43. The van der Waals surface area contributed by atoms with Crippen LogP contribution in [0.1, 0.15) is 31.2 Å². The van der Waals surface area contributed by atoms with Crippen LogP contribution in [0.3, 0.4) is 0 Å². The summed E-state index contributed by atoms with van der Waals surface area (Å²) in [6.07, 6.45) is -2.13. The Morgan fingerprint density at radius 2 is 2.03 bits per heavy atom. The molecule has 0 aromatic carbocycles. The molecule has 0 spiro atoms. The SMILES string of the molecule is N[C@H](C(=O)Nc1cc(CN2C[C@@H](C(F)(F)F)NC2=O)ccn1)C1CCC(F)CC1. The van der Waals surface area contributed by atoms with Crippen LogP contribution in [0, 0.1) is 5.92 Å².